The second kappa shape index (κ2) is 34.4. The highest BCUT2D eigenvalue weighted by Crippen LogP contribution is 2.22. The van der Waals surface area contributed by atoms with Crippen molar-refractivity contribution in [3.63, 3.8) is 0 Å². The molecule has 15 nitrogen and oxygen atoms in total. The molecule has 0 aromatic heterocycles. The zero-order valence-electron chi connectivity index (χ0n) is 40.7. The lowest BCUT2D eigenvalue weighted by molar-refractivity contribution is 0.360. The molecule has 0 amide bonds. The zero-order chi connectivity index (χ0) is 45.9. The third-order valence-corrected chi connectivity index (χ3v) is 7.51. The van der Waals surface area contributed by atoms with Crippen LogP contribution in [0, 0.1) is 27.1 Å². The molecule has 0 atom stereocenters. The van der Waals surface area contributed by atoms with E-state index in [9.17, 15) is 0 Å². The number of nitrogens with one attached hydrogen (secondary N) is 3. The molecule has 0 unspecified atom stereocenters. The maximum absolute atomic E-state index is 5.48. The van der Waals surface area contributed by atoms with Crippen molar-refractivity contribution >= 4 is 29.8 Å². The van der Waals surface area contributed by atoms with Gasteiger partial charge in [0, 0.05) is 53.9 Å². The molecule has 0 saturated carbocycles. The van der Waals surface area contributed by atoms with Crippen LogP contribution >= 0.6 is 0 Å². The van der Waals surface area contributed by atoms with E-state index < -0.39 is 0 Å². The minimum absolute atomic E-state index is 0.184. The molecule has 0 saturated heterocycles. The summed E-state index contributed by atoms with van der Waals surface area (Å²) in [5, 5.41) is 9.10. The van der Waals surface area contributed by atoms with Crippen LogP contribution < -0.4 is 56.1 Å². The van der Waals surface area contributed by atoms with Crippen molar-refractivity contribution in [3.05, 3.63) is 0 Å². The third-order valence-electron chi connectivity index (χ3n) is 7.51. The van der Waals surface area contributed by atoms with Gasteiger partial charge in [0.1, 0.15) is 0 Å². The Kier molecular flexibility index (Phi) is 37.7. The average Bonchev–Trinajstić information content (AvgIpc) is 3.03. The quantitative estimate of drug-likeness (QED) is 0.0570. The van der Waals surface area contributed by atoms with Gasteiger partial charge in [0.15, 0.2) is 29.8 Å². The summed E-state index contributed by atoms with van der Waals surface area (Å²) in [6, 6.07) is 0. The Bertz CT molecular complexity index is 1080. The summed E-state index contributed by atoms with van der Waals surface area (Å²) in [5.41, 5.74) is 39.0. The van der Waals surface area contributed by atoms with Crippen molar-refractivity contribution in [2.45, 2.75) is 162 Å². The molecule has 0 aliphatic carbocycles. The molecule has 0 heterocycles. The Balaban J connectivity index is -0.000000198. The smallest absolute Gasteiger partial charge is 0.188 e. The summed E-state index contributed by atoms with van der Waals surface area (Å²) in [7, 11) is 5.06. The lowest BCUT2D eigenvalue weighted by atomic mass is 9.90. The molecular formula is C42H99N15. The highest BCUT2D eigenvalue weighted by Gasteiger charge is 2.11. The highest BCUT2D eigenvalue weighted by atomic mass is 15.1. The first kappa shape index (κ1) is 62.5. The van der Waals surface area contributed by atoms with E-state index in [1.54, 1.807) is 21.1 Å². The van der Waals surface area contributed by atoms with Crippen LogP contribution in [0.4, 0.5) is 0 Å². The molecule has 15 heteroatoms. The fourth-order valence-corrected chi connectivity index (χ4v) is 3.97. The molecule has 17 N–H and O–H groups in total. The second-order valence-electron chi connectivity index (χ2n) is 20.2. The first-order chi connectivity index (χ1) is 25.7. The highest BCUT2D eigenvalue weighted by molar-refractivity contribution is 5.78. The fraction of sp³-hybridized carbons (Fsp3) is 0.881. The third kappa shape index (κ3) is 77.6. The van der Waals surface area contributed by atoms with Gasteiger partial charge in [-0.3, -0.25) is 25.0 Å². The lowest BCUT2D eigenvalue weighted by Crippen LogP contribution is -2.33. The van der Waals surface area contributed by atoms with Gasteiger partial charge in [0.05, 0.1) is 0 Å². The van der Waals surface area contributed by atoms with Crippen LogP contribution in [0.2, 0.25) is 0 Å². The summed E-state index contributed by atoms with van der Waals surface area (Å²) in [6.45, 7) is 37.5. The number of unbranched alkanes of at least 4 members (excludes halogenated alkanes) is 1. The number of guanidine groups is 5. The van der Waals surface area contributed by atoms with E-state index in [1.165, 1.54) is 19.3 Å². The van der Waals surface area contributed by atoms with Gasteiger partial charge < -0.3 is 56.1 Å². The largest absolute Gasteiger partial charge is 0.370 e. The summed E-state index contributed by atoms with van der Waals surface area (Å²) < 4.78 is 0. The van der Waals surface area contributed by atoms with Gasteiger partial charge >= 0.3 is 0 Å². The summed E-state index contributed by atoms with van der Waals surface area (Å²) in [4.78, 5) is 19.2. The lowest BCUT2D eigenvalue weighted by Gasteiger charge is -2.17. The minimum atomic E-state index is 0.184. The monoisotopic (exact) mass is 814 g/mol. The molecule has 342 valence electrons. The van der Waals surface area contributed by atoms with Gasteiger partial charge in [-0.2, -0.15) is 0 Å². The van der Waals surface area contributed by atoms with Crippen LogP contribution in [0.5, 0.6) is 0 Å². The Morgan fingerprint density at radius 1 is 0.351 bits per heavy atom. The van der Waals surface area contributed by atoms with E-state index in [4.69, 9.17) is 40.1 Å². The van der Waals surface area contributed by atoms with Crippen molar-refractivity contribution < 1.29 is 0 Å². The average molecular weight is 814 g/mol. The summed E-state index contributed by atoms with van der Waals surface area (Å²) in [6.07, 6.45) is 10.3. The van der Waals surface area contributed by atoms with E-state index in [0.717, 1.165) is 71.2 Å². The maximum atomic E-state index is 5.48. The number of hydrogen-bond donors (Lipinski definition) is 10. The molecule has 0 rings (SSSR count). The molecule has 0 aliphatic heterocycles. The van der Waals surface area contributed by atoms with Crippen LogP contribution in [0.15, 0.2) is 25.0 Å². The molecule has 0 aromatic rings. The summed E-state index contributed by atoms with van der Waals surface area (Å²) >= 11 is 0. The van der Waals surface area contributed by atoms with Crippen LogP contribution in [0.1, 0.15) is 162 Å². The predicted molar refractivity (Wildman–Crippen MR) is 257 cm³/mol. The van der Waals surface area contributed by atoms with Crippen molar-refractivity contribution in [1.29, 1.82) is 0 Å². The number of nitrogens with zero attached hydrogens (tertiary/aromatic N) is 5. The Morgan fingerprint density at radius 3 is 0.982 bits per heavy atom. The molecule has 57 heavy (non-hydrogen) atoms. The fourth-order valence-electron chi connectivity index (χ4n) is 3.97. The van der Waals surface area contributed by atoms with E-state index in [-0.39, 0.29) is 11.9 Å². The number of nitrogens with two attached hydrogens (primary N) is 7. The van der Waals surface area contributed by atoms with Crippen LogP contribution in [-0.2, 0) is 0 Å². The van der Waals surface area contributed by atoms with Gasteiger partial charge in [0.25, 0.3) is 0 Å². The van der Waals surface area contributed by atoms with E-state index in [0.29, 0.717) is 45.0 Å². The second-order valence-corrected chi connectivity index (χ2v) is 20.2. The molecule has 0 aliphatic rings. The van der Waals surface area contributed by atoms with Crippen LogP contribution in [0.25, 0.3) is 0 Å². The normalized spacial score (nSPS) is 12.4. The van der Waals surface area contributed by atoms with Gasteiger partial charge in [-0.15, -0.1) is 0 Å². The van der Waals surface area contributed by atoms with Crippen molar-refractivity contribution in [1.82, 2.24) is 16.0 Å². The summed E-state index contributed by atoms with van der Waals surface area (Å²) in [5.74, 6) is 1.97. The Labute approximate surface area is 352 Å². The Hall–Kier alpha value is -3.65. The molecular weight excluding hydrogens is 715 g/mol. The number of rotatable bonds is 14. The zero-order valence-corrected chi connectivity index (χ0v) is 40.7. The van der Waals surface area contributed by atoms with Gasteiger partial charge in [-0.25, -0.2) is 0 Å². The first-order valence-electron chi connectivity index (χ1n) is 20.7. The van der Waals surface area contributed by atoms with Gasteiger partial charge in [0.2, 0.25) is 0 Å². The Morgan fingerprint density at radius 2 is 0.649 bits per heavy atom. The van der Waals surface area contributed by atoms with E-state index >= 15 is 0 Å². The van der Waals surface area contributed by atoms with E-state index in [2.05, 4.69) is 145 Å². The standard InChI is InChI=1S/C10H23N3.C9H21N3.2C8H19N3.C7H17N3/c1-10(2,3)7-5-6-8-13-9(11)12-4;1-9(2,3)6-5-7-12-8(10)11-4;1-8(2,3)5-6-11-7(9)10-4;1-8(2,3)5-4-6-11-7(9)10;1-7(2,3)4-5-10-6(8)9/h5-8H2,1-4H3,(H3,11,12,13);5-7H2,1-4H3,(H3,10,11,12);5-6H2,1-4H3,(H3,9,10,11);4-6H2,1-3H3,(H4,9,10,11);4-5H2,1-3H3,(H4,8,9,10). The van der Waals surface area contributed by atoms with Crippen molar-refractivity contribution in [2.75, 3.05) is 53.9 Å². The first-order valence-corrected chi connectivity index (χ1v) is 20.7. The molecule has 0 aromatic carbocycles. The SMILES string of the molecule is CC(C)(C)CCCN=C(N)N.CC(C)(C)CCN=C(N)N.CN=C(N)NCCC(C)(C)C.CN=C(N)NCCCC(C)(C)C.CN=C(N)NCCCCC(C)(C)C. The molecule has 0 spiro atoms. The van der Waals surface area contributed by atoms with Gasteiger partial charge in [-0.1, -0.05) is 110 Å². The molecule has 0 fully saturated rings. The molecule has 0 radical (unpaired) electrons. The molecule has 0 bridgehead atoms. The predicted octanol–water partition coefficient (Wildman–Crippen LogP) is 5.82. The maximum Gasteiger partial charge on any atom is 0.188 e. The van der Waals surface area contributed by atoms with E-state index in [1.807, 2.05) is 0 Å². The van der Waals surface area contributed by atoms with Crippen molar-refractivity contribution in [3.8, 4) is 0 Å². The van der Waals surface area contributed by atoms with Crippen molar-refractivity contribution in [2.24, 2.45) is 92.2 Å². The number of aliphatic imine (C=N–C) groups is 5. The topological polar surface area (TPSA) is 280 Å². The minimum Gasteiger partial charge on any atom is -0.370 e. The van der Waals surface area contributed by atoms with Crippen LogP contribution in [-0.4, -0.2) is 83.7 Å². The van der Waals surface area contributed by atoms with Gasteiger partial charge in [-0.05, 0) is 78.4 Å². The van der Waals surface area contributed by atoms with Crippen LogP contribution in [0.3, 0.4) is 0 Å². The number of hydrogen-bond acceptors (Lipinski definition) is 5.